The van der Waals surface area contributed by atoms with E-state index in [1.807, 2.05) is 13.8 Å². The van der Waals surface area contributed by atoms with Crippen LogP contribution in [0.2, 0.25) is 0 Å². The van der Waals surface area contributed by atoms with E-state index in [0.29, 0.717) is 17.3 Å². The SMILES string of the molecule is CNC(=O)c1ccc(/C(C)=C(C)/N=C(\C)NC(C)=O)o1. The van der Waals surface area contributed by atoms with Crippen LogP contribution in [0.1, 0.15) is 44.0 Å². The lowest BCUT2D eigenvalue weighted by molar-refractivity contribution is -0.117. The lowest BCUT2D eigenvalue weighted by Gasteiger charge is -2.04. The minimum atomic E-state index is -0.278. The van der Waals surface area contributed by atoms with Crippen LogP contribution in [0.25, 0.3) is 5.57 Å². The highest BCUT2D eigenvalue weighted by atomic mass is 16.3. The van der Waals surface area contributed by atoms with Crippen molar-refractivity contribution in [1.82, 2.24) is 10.6 Å². The molecule has 1 aromatic heterocycles. The molecule has 0 saturated heterocycles. The third kappa shape index (κ3) is 4.08. The average molecular weight is 277 g/mol. The second-order valence-electron chi connectivity index (χ2n) is 4.33. The molecule has 6 nitrogen and oxygen atoms in total. The summed E-state index contributed by atoms with van der Waals surface area (Å²) in [6, 6.07) is 3.32. The van der Waals surface area contributed by atoms with Gasteiger partial charge < -0.3 is 15.1 Å². The zero-order chi connectivity index (χ0) is 15.3. The molecule has 0 aliphatic heterocycles. The Morgan fingerprint density at radius 2 is 1.70 bits per heavy atom. The molecule has 0 unspecified atom stereocenters. The summed E-state index contributed by atoms with van der Waals surface area (Å²) in [7, 11) is 1.54. The molecule has 0 fully saturated rings. The Morgan fingerprint density at radius 1 is 1.10 bits per heavy atom. The fourth-order valence-electron chi connectivity index (χ4n) is 1.58. The van der Waals surface area contributed by atoms with Crippen LogP contribution < -0.4 is 10.6 Å². The van der Waals surface area contributed by atoms with Crippen LogP contribution in [0, 0.1) is 0 Å². The van der Waals surface area contributed by atoms with Crippen LogP contribution >= 0.6 is 0 Å². The highest BCUT2D eigenvalue weighted by Gasteiger charge is 2.11. The van der Waals surface area contributed by atoms with Gasteiger partial charge in [-0.25, -0.2) is 4.99 Å². The van der Waals surface area contributed by atoms with Gasteiger partial charge in [0.05, 0.1) is 0 Å². The molecule has 0 aliphatic carbocycles. The molecule has 0 saturated carbocycles. The van der Waals surface area contributed by atoms with E-state index < -0.39 is 0 Å². The van der Waals surface area contributed by atoms with Gasteiger partial charge in [0, 0.05) is 25.2 Å². The topological polar surface area (TPSA) is 83.7 Å². The zero-order valence-electron chi connectivity index (χ0n) is 12.3. The summed E-state index contributed by atoms with van der Waals surface area (Å²) in [6.45, 7) is 6.78. The molecule has 0 spiro atoms. The molecule has 1 aromatic rings. The minimum absolute atomic E-state index is 0.170. The number of nitrogens with one attached hydrogen (secondary N) is 2. The van der Waals surface area contributed by atoms with Gasteiger partial charge in [-0.15, -0.1) is 0 Å². The first-order valence-electron chi connectivity index (χ1n) is 6.17. The van der Waals surface area contributed by atoms with Crippen molar-refractivity contribution < 1.29 is 14.0 Å². The Bertz CT molecular complexity index is 582. The Balaban J connectivity index is 2.99. The van der Waals surface area contributed by atoms with Crippen molar-refractivity contribution in [2.24, 2.45) is 4.99 Å². The molecule has 2 N–H and O–H groups in total. The van der Waals surface area contributed by atoms with E-state index in [1.165, 1.54) is 6.92 Å². The van der Waals surface area contributed by atoms with Crippen molar-refractivity contribution in [3.63, 3.8) is 0 Å². The fourth-order valence-corrected chi connectivity index (χ4v) is 1.58. The Labute approximate surface area is 118 Å². The quantitative estimate of drug-likeness (QED) is 0.654. The molecule has 108 valence electrons. The average Bonchev–Trinajstić information content (AvgIpc) is 2.85. The maximum Gasteiger partial charge on any atom is 0.286 e. The van der Waals surface area contributed by atoms with E-state index in [-0.39, 0.29) is 17.6 Å². The third-order valence-corrected chi connectivity index (χ3v) is 2.66. The third-order valence-electron chi connectivity index (χ3n) is 2.66. The van der Waals surface area contributed by atoms with Crippen molar-refractivity contribution in [3.05, 3.63) is 29.4 Å². The molecule has 0 aromatic carbocycles. The smallest absolute Gasteiger partial charge is 0.286 e. The van der Waals surface area contributed by atoms with Gasteiger partial charge in [-0.05, 0) is 32.9 Å². The highest BCUT2D eigenvalue weighted by molar-refractivity contribution is 5.96. The molecular weight excluding hydrogens is 258 g/mol. The molecule has 2 amide bonds. The van der Waals surface area contributed by atoms with E-state index in [9.17, 15) is 9.59 Å². The highest BCUT2D eigenvalue weighted by Crippen LogP contribution is 2.21. The maximum atomic E-state index is 11.4. The normalized spacial score (nSPS) is 12.8. The maximum absolute atomic E-state index is 11.4. The van der Waals surface area contributed by atoms with Gasteiger partial charge in [0.25, 0.3) is 5.91 Å². The summed E-state index contributed by atoms with van der Waals surface area (Å²) >= 11 is 0. The van der Waals surface area contributed by atoms with E-state index in [4.69, 9.17) is 4.42 Å². The molecule has 6 heteroatoms. The van der Waals surface area contributed by atoms with Crippen molar-refractivity contribution in [2.45, 2.75) is 27.7 Å². The van der Waals surface area contributed by atoms with Crippen molar-refractivity contribution in [1.29, 1.82) is 0 Å². The number of nitrogens with zero attached hydrogens (tertiary/aromatic N) is 1. The first kappa shape index (κ1) is 15.7. The predicted octanol–water partition coefficient (Wildman–Crippen LogP) is 1.94. The monoisotopic (exact) mass is 277 g/mol. The summed E-state index contributed by atoms with van der Waals surface area (Å²) in [6.07, 6.45) is 0. The van der Waals surface area contributed by atoms with E-state index in [0.717, 1.165) is 5.57 Å². The first-order chi connectivity index (χ1) is 9.35. The van der Waals surface area contributed by atoms with Gasteiger partial charge in [0.15, 0.2) is 5.76 Å². The number of aliphatic imine (C=N–C) groups is 1. The van der Waals surface area contributed by atoms with Crippen LogP contribution in [-0.4, -0.2) is 24.7 Å². The van der Waals surface area contributed by atoms with Crippen LogP contribution in [0.3, 0.4) is 0 Å². The second kappa shape index (κ2) is 6.70. The molecule has 20 heavy (non-hydrogen) atoms. The molecule has 0 radical (unpaired) electrons. The van der Waals surface area contributed by atoms with Crippen LogP contribution in [0.5, 0.6) is 0 Å². The summed E-state index contributed by atoms with van der Waals surface area (Å²) in [4.78, 5) is 26.6. The standard InChI is InChI=1S/C14H19N3O3/c1-8(9(2)16-10(3)17-11(4)18)12-6-7-13(20-12)14(19)15-5/h6-7H,1-5H3,(H,15,19)(H,16,17,18)/b9-8+. The lowest BCUT2D eigenvalue weighted by atomic mass is 10.2. The Kier molecular flexibility index (Phi) is 5.25. The van der Waals surface area contributed by atoms with Gasteiger partial charge in [0.1, 0.15) is 11.6 Å². The van der Waals surface area contributed by atoms with E-state index in [2.05, 4.69) is 15.6 Å². The number of carbonyl (C=O) groups excluding carboxylic acids is 2. The number of hydrogen-bond acceptors (Lipinski definition) is 4. The number of amidine groups is 1. The second-order valence-corrected chi connectivity index (χ2v) is 4.33. The van der Waals surface area contributed by atoms with E-state index >= 15 is 0 Å². The van der Waals surface area contributed by atoms with Crippen molar-refractivity contribution in [2.75, 3.05) is 7.05 Å². The summed E-state index contributed by atoms with van der Waals surface area (Å²) in [5.74, 6) is 0.876. The predicted molar refractivity (Wildman–Crippen MR) is 77.3 cm³/mol. The number of carbonyl (C=O) groups is 2. The fraction of sp³-hybridized carbons (Fsp3) is 0.357. The lowest BCUT2D eigenvalue weighted by Crippen LogP contribution is -2.25. The summed E-state index contributed by atoms with van der Waals surface area (Å²) in [5.41, 5.74) is 1.50. The van der Waals surface area contributed by atoms with Gasteiger partial charge in [0.2, 0.25) is 5.91 Å². The zero-order valence-corrected chi connectivity index (χ0v) is 12.3. The van der Waals surface area contributed by atoms with Crippen molar-refractivity contribution in [3.8, 4) is 0 Å². The molecule has 0 aliphatic rings. The van der Waals surface area contributed by atoms with Crippen molar-refractivity contribution >= 4 is 23.2 Å². The number of rotatable bonds is 3. The molecular formula is C14H19N3O3. The molecule has 0 bridgehead atoms. The molecule has 1 rings (SSSR count). The number of amides is 2. The van der Waals surface area contributed by atoms with Gasteiger partial charge in [-0.1, -0.05) is 0 Å². The number of allylic oxidation sites excluding steroid dienone is 2. The molecule has 1 heterocycles. The summed E-state index contributed by atoms with van der Waals surface area (Å²) < 4.78 is 5.46. The Hall–Kier alpha value is -2.37. The number of hydrogen-bond donors (Lipinski definition) is 2. The van der Waals surface area contributed by atoms with Crippen LogP contribution in [0.15, 0.2) is 27.2 Å². The van der Waals surface area contributed by atoms with Gasteiger partial charge in [-0.2, -0.15) is 0 Å². The Morgan fingerprint density at radius 3 is 2.25 bits per heavy atom. The first-order valence-corrected chi connectivity index (χ1v) is 6.17. The van der Waals surface area contributed by atoms with Gasteiger partial charge >= 0.3 is 0 Å². The van der Waals surface area contributed by atoms with Crippen LogP contribution in [-0.2, 0) is 4.79 Å². The molecule has 0 atom stereocenters. The minimum Gasteiger partial charge on any atom is -0.451 e. The van der Waals surface area contributed by atoms with Gasteiger partial charge in [-0.3, -0.25) is 9.59 Å². The largest absolute Gasteiger partial charge is 0.451 e. The number of furan rings is 1. The van der Waals surface area contributed by atoms with E-state index in [1.54, 1.807) is 26.1 Å². The summed E-state index contributed by atoms with van der Waals surface area (Å²) in [5, 5.41) is 5.09. The van der Waals surface area contributed by atoms with Crippen LogP contribution in [0.4, 0.5) is 0 Å².